The fourth-order valence-electron chi connectivity index (χ4n) is 3.37. The van der Waals surface area contributed by atoms with Crippen LogP contribution in [0.3, 0.4) is 0 Å². The molecule has 0 unspecified atom stereocenters. The quantitative estimate of drug-likeness (QED) is 0.615. The lowest BCUT2D eigenvalue weighted by molar-refractivity contribution is 0.341. The maximum absolute atomic E-state index is 8.66. The van der Waals surface area contributed by atoms with Crippen LogP contribution in [-0.2, 0) is 11.6 Å². The second-order valence-electron chi connectivity index (χ2n) is 5.93. The third-order valence-corrected chi connectivity index (χ3v) is 5.47. The van der Waals surface area contributed by atoms with Gasteiger partial charge < -0.3 is 9.47 Å². The Bertz CT molecular complexity index is 696. The van der Waals surface area contributed by atoms with Crippen LogP contribution in [0.1, 0.15) is 30.5 Å². The number of rotatable bonds is 2. The first-order valence-corrected chi connectivity index (χ1v) is 9.04. The second kappa shape index (κ2) is 8.28. The number of thioether (sulfide) groups is 1. The van der Waals surface area contributed by atoms with E-state index < -0.39 is 0 Å². The van der Waals surface area contributed by atoms with Crippen molar-refractivity contribution in [1.82, 2.24) is 14.5 Å². The van der Waals surface area contributed by atoms with Crippen LogP contribution in [0.25, 0.3) is 11.3 Å². The number of halogens is 2. The van der Waals surface area contributed by atoms with Crippen molar-refractivity contribution < 1.29 is 0 Å². The second-order valence-corrected chi connectivity index (χ2v) is 6.89. The molecule has 24 heavy (non-hydrogen) atoms. The lowest BCUT2D eigenvalue weighted by Crippen LogP contribution is -2.35. The van der Waals surface area contributed by atoms with Gasteiger partial charge in [-0.3, -0.25) is 10.4 Å². The van der Waals surface area contributed by atoms with Gasteiger partial charge in [0.25, 0.3) is 0 Å². The Balaban J connectivity index is 0.00000104. The van der Waals surface area contributed by atoms with Crippen LogP contribution in [0.5, 0.6) is 0 Å². The number of hydrogen-bond acceptors (Lipinski definition) is 3. The molecule has 0 aliphatic carbocycles. The molecule has 1 saturated heterocycles. The lowest BCUT2D eigenvalue weighted by Gasteiger charge is -2.29. The van der Waals surface area contributed by atoms with Gasteiger partial charge in [0.1, 0.15) is 5.84 Å². The van der Waals surface area contributed by atoms with Gasteiger partial charge in [0.05, 0.1) is 11.6 Å². The average molecular weight is 385 g/mol. The molecule has 2 aliphatic heterocycles. The highest BCUT2D eigenvalue weighted by Crippen LogP contribution is 2.35. The fraction of sp³-hybridized carbons (Fsp3) is 0.412. The molecule has 2 aromatic rings. The standard InChI is InChI=1S/C17H20N4S.2ClH/c18-17(20-7-2-1-3-8-20)14-9-15(13-5-4-6-19-10-13)21-12-22-11-16(14)21;;/h4-6,9-10,18H,1-3,7-8,11-12H2;2*1H. The number of piperidine rings is 1. The maximum Gasteiger partial charge on any atom is 0.129 e. The van der Waals surface area contributed by atoms with E-state index in [0.717, 1.165) is 35.8 Å². The first-order valence-electron chi connectivity index (χ1n) is 7.89. The minimum absolute atomic E-state index is 0. The number of fused-ring (bicyclic) bond motifs is 1. The molecule has 1 N–H and O–H groups in total. The minimum Gasteiger partial charge on any atom is -0.357 e. The van der Waals surface area contributed by atoms with Gasteiger partial charge in [-0.05, 0) is 37.5 Å². The minimum atomic E-state index is 0. The molecule has 1 fully saturated rings. The number of pyridine rings is 1. The largest absolute Gasteiger partial charge is 0.357 e. The molecular weight excluding hydrogens is 363 g/mol. The Hall–Kier alpha value is -1.17. The summed E-state index contributed by atoms with van der Waals surface area (Å²) in [6.07, 6.45) is 7.45. The van der Waals surface area contributed by atoms with Crippen molar-refractivity contribution in [3.8, 4) is 11.3 Å². The topological polar surface area (TPSA) is 44.9 Å². The zero-order chi connectivity index (χ0) is 14.9. The van der Waals surface area contributed by atoms with Gasteiger partial charge >= 0.3 is 0 Å². The Morgan fingerprint density at radius 3 is 2.67 bits per heavy atom. The first-order chi connectivity index (χ1) is 10.8. The summed E-state index contributed by atoms with van der Waals surface area (Å²) in [5.74, 6) is 2.69. The number of nitrogens with zero attached hydrogens (tertiary/aromatic N) is 3. The van der Waals surface area contributed by atoms with E-state index in [1.165, 1.54) is 30.7 Å². The van der Waals surface area contributed by atoms with E-state index in [4.69, 9.17) is 5.41 Å². The summed E-state index contributed by atoms with van der Waals surface area (Å²) < 4.78 is 2.36. The zero-order valence-electron chi connectivity index (χ0n) is 13.4. The molecule has 7 heteroatoms. The monoisotopic (exact) mass is 384 g/mol. The molecule has 0 bridgehead atoms. The highest BCUT2D eigenvalue weighted by molar-refractivity contribution is 7.97. The molecule has 4 heterocycles. The molecule has 0 saturated carbocycles. The van der Waals surface area contributed by atoms with Gasteiger partial charge in [-0.1, -0.05) is 0 Å². The van der Waals surface area contributed by atoms with Crippen LogP contribution in [0, 0.1) is 5.41 Å². The van der Waals surface area contributed by atoms with Crippen molar-refractivity contribution >= 4 is 42.4 Å². The van der Waals surface area contributed by atoms with Crippen LogP contribution in [-0.4, -0.2) is 33.4 Å². The Morgan fingerprint density at radius 2 is 1.96 bits per heavy atom. The van der Waals surface area contributed by atoms with Gasteiger partial charge in [0.15, 0.2) is 0 Å². The van der Waals surface area contributed by atoms with E-state index in [1.807, 2.05) is 30.2 Å². The van der Waals surface area contributed by atoms with E-state index in [-0.39, 0.29) is 24.8 Å². The van der Waals surface area contributed by atoms with Gasteiger partial charge in [-0.15, -0.1) is 36.6 Å². The summed E-state index contributed by atoms with van der Waals surface area (Å²) in [5, 5.41) is 8.66. The first kappa shape index (κ1) is 19.2. The fourth-order valence-corrected chi connectivity index (χ4v) is 4.45. The molecule has 4 rings (SSSR count). The summed E-state index contributed by atoms with van der Waals surface area (Å²) in [6, 6.07) is 6.28. The molecule has 0 amide bonds. The molecule has 0 atom stereocenters. The predicted molar refractivity (Wildman–Crippen MR) is 106 cm³/mol. The highest BCUT2D eigenvalue weighted by atomic mass is 35.5. The maximum atomic E-state index is 8.66. The molecule has 2 aliphatic rings. The van der Waals surface area contributed by atoms with E-state index in [2.05, 4.69) is 26.6 Å². The lowest BCUT2D eigenvalue weighted by atomic mass is 10.1. The van der Waals surface area contributed by atoms with Crippen molar-refractivity contribution in [2.24, 2.45) is 0 Å². The van der Waals surface area contributed by atoms with Crippen molar-refractivity contribution in [3.63, 3.8) is 0 Å². The van der Waals surface area contributed by atoms with Crippen LogP contribution < -0.4 is 0 Å². The van der Waals surface area contributed by atoms with E-state index in [0.29, 0.717) is 5.84 Å². The third kappa shape index (κ3) is 3.44. The number of hydrogen-bond donors (Lipinski definition) is 1. The number of likely N-dealkylation sites (tertiary alicyclic amines) is 1. The number of aromatic nitrogens is 2. The zero-order valence-corrected chi connectivity index (χ0v) is 15.9. The molecule has 0 aromatic carbocycles. The molecule has 4 nitrogen and oxygen atoms in total. The van der Waals surface area contributed by atoms with Gasteiger partial charge in [0, 0.05) is 48.1 Å². The van der Waals surface area contributed by atoms with E-state index in [9.17, 15) is 0 Å². The normalized spacial score (nSPS) is 16.1. The molecular formula is C17H22Cl2N4S. The summed E-state index contributed by atoms with van der Waals surface area (Å²) in [7, 11) is 0. The SMILES string of the molecule is Cl.Cl.N=C(c1cc(-c2cccnc2)n2c1CSC2)N1CCCCC1. The van der Waals surface area contributed by atoms with Crippen LogP contribution in [0.15, 0.2) is 30.6 Å². The van der Waals surface area contributed by atoms with Crippen LogP contribution >= 0.6 is 36.6 Å². The Kier molecular flexibility index (Phi) is 6.61. The van der Waals surface area contributed by atoms with Crippen LogP contribution in [0.2, 0.25) is 0 Å². The number of amidine groups is 1. The van der Waals surface area contributed by atoms with Gasteiger partial charge in [-0.25, -0.2) is 0 Å². The average Bonchev–Trinajstić information content (AvgIpc) is 3.18. The summed E-state index contributed by atoms with van der Waals surface area (Å²) in [4.78, 5) is 6.49. The van der Waals surface area contributed by atoms with E-state index in [1.54, 1.807) is 0 Å². The van der Waals surface area contributed by atoms with Crippen molar-refractivity contribution in [2.75, 3.05) is 13.1 Å². The predicted octanol–water partition coefficient (Wildman–Crippen LogP) is 4.41. The third-order valence-electron chi connectivity index (χ3n) is 4.55. The van der Waals surface area contributed by atoms with Crippen molar-refractivity contribution in [2.45, 2.75) is 30.9 Å². The highest BCUT2D eigenvalue weighted by Gasteiger charge is 2.26. The van der Waals surface area contributed by atoms with Gasteiger partial charge in [0.2, 0.25) is 0 Å². The van der Waals surface area contributed by atoms with Crippen molar-refractivity contribution in [3.05, 3.63) is 41.9 Å². The summed E-state index contributed by atoms with van der Waals surface area (Å²) in [6.45, 7) is 2.05. The molecule has 130 valence electrons. The Morgan fingerprint density at radius 1 is 1.17 bits per heavy atom. The van der Waals surface area contributed by atoms with Crippen molar-refractivity contribution in [1.29, 1.82) is 5.41 Å². The summed E-state index contributed by atoms with van der Waals surface area (Å²) >= 11 is 1.92. The number of nitrogens with one attached hydrogen (secondary N) is 1. The summed E-state index contributed by atoms with van der Waals surface area (Å²) in [5.41, 5.74) is 4.76. The van der Waals surface area contributed by atoms with E-state index >= 15 is 0 Å². The molecule has 0 radical (unpaired) electrons. The molecule has 0 spiro atoms. The van der Waals surface area contributed by atoms with Gasteiger partial charge in [-0.2, -0.15) is 0 Å². The molecule has 2 aromatic heterocycles. The Labute approximate surface area is 159 Å². The smallest absolute Gasteiger partial charge is 0.129 e. The van der Waals surface area contributed by atoms with Crippen LogP contribution in [0.4, 0.5) is 0 Å².